The van der Waals surface area contributed by atoms with Gasteiger partial charge in [0.25, 0.3) is 5.69 Å². The summed E-state index contributed by atoms with van der Waals surface area (Å²) in [5.41, 5.74) is 2.98. The number of fused-ring (bicyclic) bond motifs is 1. The molecule has 0 saturated heterocycles. The number of hydrogen-bond donors (Lipinski definition) is 1. The van der Waals surface area contributed by atoms with Gasteiger partial charge in [0.05, 0.1) is 11.0 Å². The Labute approximate surface area is 121 Å². The van der Waals surface area contributed by atoms with Crippen molar-refractivity contribution < 1.29 is 4.92 Å². The number of aryl methyl sites for hydroxylation is 2. The molecule has 1 aliphatic carbocycles. The highest BCUT2D eigenvalue weighted by atomic mass is 32.1. The smallest absolute Gasteiger partial charge is 0.292 e. The number of nitrogens with one attached hydrogen (secondary N) is 1. The van der Waals surface area contributed by atoms with Crippen LogP contribution in [0.3, 0.4) is 0 Å². The summed E-state index contributed by atoms with van der Waals surface area (Å²) < 4.78 is 0. The van der Waals surface area contributed by atoms with E-state index >= 15 is 0 Å². The minimum atomic E-state index is -0.313. The van der Waals surface area contributed by atoms with E-state index in [2.05, 4.69) is 16.8 Å². The fourth-order valence-electron chi connectivity index (χ4n) is 2.74. The molecule has 1 aliphatic rings. The first-order valence-electron chi connectivity index (χ1n) is 6.73. The molecule has 5 heteroatoms. The lowest BCUT2D eigenvalue weighted by molar-refractivity contribution is -0.384. The van der Waals surface area contributed by atoms with Crippen LogP contribution < -0.4 is 5.32 Å². The Morgan fingerprint density at radius 3 is 3.05 bits per heavy atom. The molecular formula is C15H16N2O2S. The van der Waals surface area contributed by atoms with Crippen molar-refractivity contribution in [2.75, 3.05) is 5.32 Å². The maximum absolute atomic E-state index is 11.2. The molecule has 20 heavy (non-hydrogen) atoms. The van der Waals surface area contributed by atoms with Gasteiger partial charge in [-0.2, -0.15) is 0 Å². The van der Waals surface area contributed by atoms with Crippen molar-refractivity contribution in [1.29, 1.82) is 0 Å². The van der Waals surface area contributed by atoms with Crippen LogP contribution in [0.2, 0.25) is 0 Å². The van der Waals surface area contributed by atoms with Crippen LogP contribution in [0.4, 0.5) is 11.4 Å². The zero-order valence-corrected chi connectivity index (χ0v) is 12.1. The first-order valence-corrected chi connectivity index (χ1v) is 7.61. The number of hydrogen-bond acceptors (Lipinski definition) is 4. The Hall–Kier alpha value is -1.88. The zero-order valence-electron chi connectivity index (χ0n) is 11.3. The van der Waals surface area contributed by atoms with Gasteiger partial charge in [-0.25, -0.2) is 0 Å². The molecule has 1 heterocycles. The highest BCUT2D eigenvalue weighted by Gasteiger charge is 2.23. The Bertz CT molecular complexity index is 651. The van der Waals surface area contributed by atoms with Crippen LogP contribution in [-0.2, 0) is 6.42 Å². The van der Waals surface area contributed by atoms with Gasteiger partial charge in [0.1, 0.15) is 5.69 Å². The third-order valence-electron chi connectivity index (χ3n) is 3.73. The van der Waals surface area contributed by atoms with E-state index in [4.69, 9.17) is 0 Å². The Kier molecular flexibility index (Phi) is 3.44. The molecule has 0 radical (unpaired) electrons. The van der Waals surface area contributed by atoms with Gasteiger partial charge in [0.15, 0.2) is 0 Å². The van der Waals surface area contributed by atoms with Crippen LogP contribution in [0.15, 0.2) is 29.6 Å². The normalized spacial score (nSPS) is 17.6. The minimum Gasteiger partial charge on any atom is -0.373 e. The van der Waals surface area contributed by atoms with Crippen molar-refractivity contribution in [3.05, 3.63) is 55.8 Å². The average Bonchev–Trinajstić information content (AvgIpc) is 2.90. The van der Waals surface area contributed by atoms with E-state index < -0.39 is 0 Å². The highest BCUT2D eigenvalue weighted by Crippen LogP contribution is 2.37. The van der Waals surface area contributed by atoms with Crippen molar-refractivity contribution in [1.82, 2.24) is 0 Å². The topological polar surface area (TPSA) is 55.2 Å². The van der Waals surface area contributed by atoms with Crippen molar-refractivity contribution >= 4 is 22.7 Å². The first-order chi connectivity index (χ1) is 9.65. The molecule has 4 nitrogen and oxygen atoms in total. The lowest BCUT2D eigenvalue weighted by atomic mass is 9.93. The summed E-state index contributed by atoms with van der Waals surface area (Å²) in [7, 11) is 0. The fourth-order valence-corrected chi connectivity index (χ4v) is 3.73. The van der Waals surface area contributed by atoms with Gasteiger partial charge in [-0.15, -0.1) is 11.3 Å². The maximum atomic E-state index is 11.2. The number of anilines is 1. The van der Waals surface area contributed by atoms with Gasteiger partial charge >= 0.3 is 0 Å². The molecule has 1 N–H and O–H groups in total. The number of nitro benzene ring substituents is 1. The average molecular weight is 288 g/mol. The van der Waals surface area contributed by atoms with Crippen molar-refractivity contribution in [2.45, 2.75) is 32.2 Å². The summed E-state index contributed by atoms with van der Waals surface area (Å²) in [5.74, 6) is 0. The maximum Gasteiger partial charge on any atom is 0.292 e. The number of rotatable bonds is 3. The number of nitrogens with zero attached hydrogens (tertiary/aromatic N) is 1. The van der Waals surface area contributed by atoms with Crippen molar-refractivity contribution in [3.8, 4) is 0 Å². The predicted octanol–water partition coefficient (Wildman–Crippen LogP) is 4.45. The summed E-state index contributed by atoms with van der Waals surface area (Å²) in [5, 5.41) is 16.6. The van der Waals surface area contributed by atoms with Gasteiger partial charge in [-0.3, -0.25) is 10.1 Å². The van der Waals surface area contributed by atoms with Crippen LogP contribution in [-0.4, -0.2) is 4.92 Å². The van der Waals surface area contributed by atoms with E-state index in [1.54, 1.807) is 17.4 Å². The number of thiophene rings is 1. The fraction of sp³-hybridized carbons (Fsp3) is 0.333. The molecule has 1 unspecified atom stereocenters. The van der Waals surface area contributed by atoms with Crippen LogP contribution >= 0.6 is 11.3 Å². The molecule has 0 fully saturated rings. The second-order valence-electron chi connectivity index (χ2n) is 5.17. The standard InChI is InChI=1S/C15H16N2O2S/c1-10-5-6-13(14(9-10)17(18)19)16-12-3-2-4-15-11(12)7-8-20-15/h5-9,12,16H,2-4H2,1H3. The second-order valence-corrected chi connectivity index (χ2v) is 6.17. The Balaban J connectivity index is 1.92. The third-order valence-corrected chi connectivity index (χ3v) is 4.73. The minimum absolute atomic E-state index is 0.160. The van der Waals surface area contributed by atoms with Gasteiger partial charge in [-0.05, 0) is 54.8 Å². The van der Waals surface area contributed by atoms with Crippen LogP contribution in [0, 0.1) is 17.0 Å². The molecule has 1 aromatic carbocycles. The van der Waals surface area contributed by atoms with E-state index in [0.29, 0.717) is 5.69 Å². The summed E-state index contributed by atoms with van der Waals surface area (Å²) in [4.78, 5) is 12.3. The molecule has 0 spiro atoms. The molecule has 0 amide bonds. The van der Waals surface area contributed by atoms with E-state index in [1.165, 1.54) is 10.4 Å². The number of nitro groups is 1. The van der Waals surface area contributed by atoms with Gasteiger partial charge in [-0.1, -0.05) is 6.07 Å². The quantitative estimate of drug-likeness (QED) is 0.670. The summed E-state index contributed by atoms with van der Waals surface area (Å²) in [6.45, 7) is 1.87. The molecule has 0 aliphatic heterocycles. The monoisotopic (exact) mass is 288 g/mol. The van der Waals surface area contributed by atoms with Gasteiger partial charge in [0, 0.05) is 10.9 Å². The summed E-state index contributed by atoms with van der Waals surface area (Å²) in [6, 6.07) is 7.67. The Morgan fingerprint density at radius 2 is 2.25 bits per heavy atom. The number of benzene rings is 1. The molecular weight excluding hydrogens is 272 g/mol. The zero-order chi connectivity index (χ0) is 14.1. The summed E-state index contributed by atoms with van der Waals surface area (Å²) >= 11 is 1.78. The van der Waals surface area contributed by atoms with E-state index in [-0.39, 0.29) is 16.7 Å². The van der Waals surface area contributed by atoms with Crippen LogP contribution in [0.25, 0.3) is 0 Å². The molecule has 0 bridgehead atoms. The largest absolute Gasteiger partial charge is 0.373 e. The van der Waals surface area contributed by atoms with Gasteiger partial charge in [0.2, 0.25) is 0 Å². The Morgan fingerprint density at radius 1 is 1.40 bits per heavy atom. The predicted molar refractivity (Wildman–Crippen MR) is 81.5 cm³/mol. The molecule has 2 aromatic rings. The third kappa shape index (κ3) is 2.41. The second kappa shape index (κ2) is 5.25. The first kappa shape index (κ1) is 13.1. The van der Waals surface area contributed by atoms with Crippen LogP contribution in [0.1, 0.15) is 34.9 Å². The van der Waals surface area contributed by atoms with Gasteiger partial charge < -0.3 is 5.32 Å². The van der Waals surface area contributed by atoms with Crippen LogP contribution in [0.5, 0.6) is 0 Å². The van der Waals surface area contributed by atoms with E-state index in [9.17, 15) is 10.1 Å². The molecule has 3 rings (SSSR count). The molecule has 1 aromatic heterocycles. The highest BCUT2D eigenvalue weighted by molar-refractivity contribution is 7.10. The van der Waals surface area contributed by atoms with Crippen molar-refractivity contribution in [2.24, 2.45) is 0 Å². The molecule has 0 saturated carbocycles. The lowest BCUT2D eigenvalue weighted by Gasteiger charge is -2.24. The van der Waals surface area contributed by atoms with Crippen molar-refractivity contribution in [3.63, 3.8) is 0 Å². The lowest BCUT2D eigenvalue weighted by Crippen LogP contribution is -2.16. The van der Waals surface area contributed by atoms with E-state index in [0.717, 1.165) is 24.8 Å². The van der Waals surface area contributed by atoms with E-state index in [1.807, 2.05) is 19.1 Å². The SMILES string of the molecule is Cc1ccc(NC2CCCc3sccc32)c([N+](=O)[O-])c1. The summed E-state index contributed by atoms with van der Waals surface area (Å²) in [6.07, 6.45) is 3.28. The molecule has 104 valence electrons. The molecule has 1 atom stereocenters.